The first-order valence-electron chi connectivity index (χ1n) is 6.37. The van der Waals surface area contributed by atoms with Crippen LogP contribution in [0, 0.1) is 10.1 Å². The van der Waals surface area contributed by atoms with Gasteiger partial charge in [-0.1, -0.05) is 0 Å². The molecule has 1 aliphatic heterocycles. The molecule has 1 aromatic carbocycles. The molecule has 1 fully saturated rings. The number of nitro groups is 1. The summed E-state index contributed by atoms with van der Waals surface area (Å²) in [6.45, 7) is 1.17. The Morgan fingerprint density at radius 2 is 1.90 bits per heavy atom. The highest BCUT2D eigenvalue weighted by molar-refractivity contribution is 7.89. The maximum absolute atomic E-state index is 12.5. The van der Waals surface area contributed by atoms with Crippen LogP contribution in [-0.4, -0.2) is 58.0 Å². The Morgan fingerprint density at radius 1 is 1.29 bits per heavy atom. The Morgan fingerprint density at radius 3 is 2.43 bits per heavy atom. The molecule has 0 saturated carbocycles. The van der Waals surface area contributed by atoms with Gasteiger partial charge in [0.2, 0.25) is 10.0 Å². The van der Waals surface area contributed by atoms with Crippen LogP contribution in [0.3, 0.4) is 0 Å². The highest BCUT2D eigenvalue weighted by Gasteiger charge is 2.29. The second kappa shape index (κ2) is 5.96. The topological polar surface area (TPSA) is 93.0 Å². The van der Waals surface area contributed by atoms with E-state index >= 15 is 0 Å². The number of hydrogen-bond acceptors (Lipinski definition) is 6. The summed E-state index contributed by atoms with van der Waals surface area (Å²) >= 11 is 0. The van der Waals surface area contributed by atoms with Crippen molar-refractivity contribution in [2.24, 2.45) is 0 Å². The van der Waals surface area contributed by atoms with Crippen LogP contribution in [0.5, 0.6) is 0 Å². The summed E-state index contributed by atoms with van der Waals surface area (Å²) in [5.74, 6) is 0. The summed E-state index contributed by atoms with van der Waals surface area (Å²) in [7, 11) is -0.400. The van der Waals surface area contributed by atoms with Crippen molar-refractivity contribution in [3.8, 4) is 0 Å². The van der Waals surface area contributed by atoms with Crippen LogP contribution in [0.4, 0.5) is 11.4 Å². The molecule has 1 heterocycles. The molecule has 0 spiro atoms. The van der Waals surface area contributed by atoms with Gasteiger partial charge >= 0.3 is 0 Å². The number of morpholine rings is 1. The molecule has 1 saturated heterocycles. The molecule has 0 bridgehead atoms. The molecule has 8 nitrogen and oxygen atoms in total. The van der Waals surface area contributed by atoms with E-state index in [2.05, 4.69) is 0 Å². The largest absolute Gasteiger partial charge is 0.379 e. The highest BCUT2D eigenvalue weighted by Crippen LogP contribution is 2.30. The van der Waals surface area contributed by atoms with Gasteiger partial charge in [-0.2, -0.15) is 4.31 Å². The molecule has 0 aromatic heterocycles. The first-order chi connectivity index (χ1) is 9.84. The van der Waals surface area contributed by atoms with E-state index in [0.717, 1.165) is 6.07 Å². The van der Waals surface area contributed by atoms with Crippen molar-refractivity contribution in [1.82, 2.24) is 4.31 Å². The molecule has 0 atom stereocenters. The van der Waals surface area contributed by atoms with Gasteiger partial charge in [-0.3, -0.25) is 10.1 Å². The quantitative estimate of drug-likeness (QED) is 0.599. The van der Waals surface area contributed by atoms with Gasteiger partial charge in [0, 0.05) is 33.3 Å². The Kier molecular flexibility index (Phi) is 4.45. The summed E-state index contributed by atoms with van der Waals surface area (Å²) in [5, 5.41) is 11.1. The predicted octanol–water partition coefficient (Wildman–Crippen LogP) is 0.682. The summed E-state index contributed by atoms with van der Waals surface area (Å²) < 4.78 is 31.4. The fourth-order valence-electron chi connectivity index (χ4n) is 2.12. The lowest BCUT2D eigenvalue weighted by Gasteiger charge is -2.26. The van der Waals surface area contributed by atoms with Gasteiger partial charge in [-0.15, -0.1) is 0 Å². The molecule has 0 unspecified atom stereocenters. The smallest absolute Gasteiger partial charge is 0.293 e. The third-order valence-electron chi connectivity index (χ3n) is 3.23. The first-order valence-corrected chi connectivity index (χ1v) is 7.81. The summed E-state index contributed by atoms with van der Waals surface area (Å²) in [6, 6.07) is 3.96. The highest BCUT2D eigenvalue weighted by atomic mass is 32.2. The van der Waals surface area contributed by atoms with Crippen LogP contribution < -0.4 is 4.90 Å². The lowest BCUT2D eigenvalue weighted by molar-refractivity contribution is -0.384. The van der Waals surface area contributed by atoms with Crippen LogP contribution in [0.15, 0.2) is 23.1 Å². The molecule has 9 heteroatoms. The van der Waals surface area contributed by atoms with Crippen molar-refractivity contribution in [2.75, 3.05) is 45.3 Å². The molecule has 116 valence electrons. The standard InChI is InChI=1S/C12H17N3O5S/c1-13(2)11-4-3-10(9-12(11)15(16)17)21(18,19)14-5-7-20-8-6-14/h3-4,9H,5-8H2,1-2H3. The van der Waals surface area contributed by atoms with E-state index in [0.29, 0.717) is 18.9 Å². The van der Waals surface area contributed by atoms with E-state index in [4.69, 9.17) is 4.74 Å². The predicted molar refractivity (Wildman–Crippen MR) is 77.0 cm³/mol. The van der Waals surface area contributed by atoms with Gasteiger partial charge < -0.3 is 9.64 Å². The minimum atomic E-state index is -3.73. The number of hydrogen-bond donors (Lipinski definition) is 0. The SMILES string of the molecule is CN(C)c1ccc(S(=O)(=O)N2CCOCC2)cc1[N+](=O)[O-]. The van der Waals surface area contributed by atoms with Crippen LogP contribution in [-0.2, 0) is 14.8 Å². The number of nitro benzene ring substituents is 1. The second-order valence-electron chi connectivity index (χ2n) is 4.82. The van der Waals surface area contributed by atoms with Crippen molar-refractivity contribution < 1.29 is 18.1 Å². The lowest BCUT2D eigenvalue weighted by Crippen LogP contribution is -2.40. The zero-order valence-electron chi connectivity index (χ0n) is 11.9. The van der Waals surface area contributed by atoms with Gasteiger partial charge in [0.15, 0.2) is 0 Å². The van der Waals surface area contributed by atoms with Crippen molar-refractivity contribution >= 4 is 21.4 Å². The minimum Gasteiger partial charge on any atom is -0.379 e. The zero-order valence-corrected chi connectivity index (χ0v) is 12.7. The molecule has 0 radical (unpaired) electrons. The van der Waals surface area contributed by atoms with E-state index in [9.17, 15) is 18.5 Å². The number of nitrogens with zero attached hydrogens (tertiary/aromatic N) is 3. The van der Waals surface area contributed by atoms with Gasteiger partial charge in [-0.25, -0.2) is 8.42 Å². The molecule has 1 aromatic rings. The average Bonchev–Trinajstić information content (AvgIpc) is 2.47. The summed E-state index contributed by atoms with van der Waals surface area (Å²) in [4.78, 5) is 12.1. The van der Waals surface area contributed by atoms with Crippen molar-refractivity contribution in [3.63, 3.8) is 0 Å². The van der Waals surface area contributed by atoms with Crippen LogP contribution in [0.1, 0.15) is 0 Å². The monoisotopic (exact) mass is 315 g/mol. The molecule has 0 amide bonds. The third-order valence-corrected chi connectivity index (χ3v) is 5.13. The van der Waals surface area contributed by atoms with E-state index in [1.165, 1.54) is 16.4 Å². The Balaban J connectivity index is 2.44. The minimum absolute atomic E-state index is 0.0679. The van der Waals surface area contributed by atoms with E-state index in [-0.39, 0.29) is 23.7 Å². The Labute approximate surface area is 123 Å². The van der Waals surface area contributed by atoms with Crippen molar-refractivity contribution in [3.05, 3.63) is 28.3 Å². The van der Waals surface area contributed by atoms with Gasteiger partial charge in [0.1, 0.15) is 5.69 Å². The van der Waals surface area contributed by atoms with E-state index < -0.39 is 14.9 Å². The summed E-state index contributed by atoms with van der Waals surface area (Å²) in [6.07, 6.45) is 0. The second-order valence-corrected chi connectivity index (χ2v) is 6.76. The van der Waals surface area contributed by atoms with E-state index in [1.807, 2.05) is 0 Å². The summed E-state index contributed by atoms with van der Waals surface area (Å²) in [5.41, 5.74) is 0.135. The molecule has 0 N–H and O–H groups in total. The molecule has 21 heavy (non-hydrogen) atoms. The third kappa shape index (κ3) is 3.14. The van der Waals surface area contributed by atoms with Gasteiger partial charge in [0.25, 0.3) is 5.69 Å². The Bertz CT molecular complexity index is 638. The number of benzene rings is 1. The Hall–Kier alpha value is -1.71. The number of ether oxygens (including phenoxy) is 1. The molecular weight excluding hydrogens is 298 g/mol. The fraction of sp³-hybridized carbons (Fsp3) is 0.500. The molecular formula is C12H17N3O5S. The van der Waals surface area contributed by atoms with E-state index in [1.54, 1.807) is 19.0 Å². The molecule has 0 aliphatic carbocycles. The zero-order chi connectivity index (χ0) is 15.6. The molecule has 2 rings (SSSR count). The van der Waals surface area contributed by atoms with Gasteiger partial charge in [-0.05, 0) is 12.1 Å². The maximum atomic E-state index is 12.5. The average molecular weight is 315 g/mol. The number of rotatable bonds is 4. The van der Waals surface area contributed by atoms with Crippen LogP contribution in [0.2, 0.25) is 0 Å². The van der Waals surface area contributed by atoms with Crippen LogP contribution >= 0.6 is 0 Å². The van der Waals surface area contributed by atoms with Gasteiger partial charge in [0.05, 0.1) is 23.0 Å². The van der Waals surface area contributed by atoms with Crippen molar-refractivity contribution in [1.29, 1.82) is 0 Å². The number of sulfonamides is 1. The number of anilines is 1. The lowest BCUT2D eigenvalue weighted by atomic mass is 10.2. The maximum Gasteiger partial charge on any atom is 0.293 e. The molecule has 1 aliphatic rings. The van der Waals surface area contributed by atoms with Crippen LogP contribution in [0.25, 0.3) is 0 Å². The van der Waals surface area contributed by atoms with Crippen molar-refractivity contribution in [2.45, 2.75) is 4.90 Å². The fourth-order valence-corrected chi connectivity index (χ4v) is 3.55. The first kappa shape index (κ1) is 15.7. The normalized spacial score (nSPS) is 16.7.